The minimum Gasteiger partial charge on any atom is -0.357 e. The molecule has 142 valence electrons. The van der Waals surface area contributed by atoms with Gasteiger partial charge in [0.05, 0.1) is 12.2 Å². The highest BCUT2D eigenvalue weighted by atomic mass is 32.1. The van der Waals surface area contributed by atoms with E-state index in [9.17, 15) is 0 Å². The van der Waals surface area contributed by atoms with E-state index >= 15 is 0 Å². The predicted octanol–water partition coefficient (Wildman–Crippen LogP) is 2.53. The molecule has 0 unspecified atom stereocenters. The number of thiazole rings is 1. The van der Waals surface area contributed by atoms with E-state index in [1.54, 1.807) is 11.3 Å². The second kappa shape index (κ2) is 9.38. The van der Waals surface area contributed by atoms with Crippen molar-refractivity contribution in [2.45, 2.75) is 52.1 Å². The summed E-state index contributed by atoms with van der Waals surface area (Å²) in [5.41, 5.74) is 1.15. The van der Waals surface area contributed by atoms with Crippen molar-refractivity contribution in [2.24, 2.45) is 4.99 Å². The van der Waals surface area contributed by atoms with E-state index in [1.165, 1.54) is 32.4 Å². The van der Waals surface area contributed by atoms with Crippen molar-refractivity contribution >= 4 is 22.4 Å². The summed E-state index contributed by atoms with van der Waals surface area (Å²) in [7, 11) is 4.03. The lowest BCUT2D eigenvalue weighted by Gasteiger charge is -2.41. The second-order valence-electron chi connectivity index (χ2n) is 7.42. The van der Waals surface area contributed by atoms with Crippen LogP contribution in [0.3, 0.4) is 0 Å². The van der Waals surface area contributed by atoms with Crippen molar-refractivity contribution < 1.29 is 0 Å². The highest BCUT2D eigenvalue weighted by Crippen LogP contribution is 2.20. The third-order valence-corrected chi connectivity index (χ3v) is 5.62. The Bertz CT molecular complexity index is 546. The molecule has 0 aliphatic carbocycles. The molecule has 0 amide bonds. The average molecular weight is 367 g/mol. The van der Waals surface area contributed by atoms with Gasteiger partial charge in [0.2, 0.25) is 0 Å². The van der Waals surface area contributed by atoms with E-state index in [4.69, 9.17) is 4.99 Å². The number of rotatable bonds is 7. The lowest BCUT2D eigenvalue weighted by Crippen LogP contribution is -2.54. The van der Waals surface area contributed by atoms with Gasteiger partial charge in [-0.3, -0.25) is 4.90 Å². The summed E-state index contributed by atoms with van der Waals surface area (Å²) in [5, 5.41) is 9.97. The number of hydrogen-bond donors (Lipinski definition) is 2. The third kappa shape index (κ3) is 6.15. The molecule has 1 aromatic heterocycles. The minimum atomic E-state index is 0.134. The highest BCUT2D eigenvalue weighted by molar-refractivity contribution is 7.13. The van der Waals surface area contributed by atoms with Gasteiger partial charge in [0.25, 0.3) is 0 Å². The monoisotopic (exact) mass is 366 g/mol. The van der Waals surface area contributed by atoms with Crippen LogP contribution in [0, 0.1) is 0 Å². The smallest absolute Gasteiger partial charge is 0.191 e. The summed E-state index contributed by atoms with van der Waals surface area (Å²) in [6.45, 7) is 11.5. The SMILES string of the molecule is CCNC(=NCc1csc(N(C)C)n1)NCC(C)(C)N1CCCCC1. The Labute approximate surface area is 156 Å². The summed E-state index contributed by atoms with van der Waals surface area (Å²) in [6, 6.07) is 0. The number of guanidine groups is 1. The number of anilines is 1. The number of nitrogens with one attached hydrogen (secondary N) is 2. The van der Waals surface area contributed by atoms with Crippen LogP contribution in [0.25, 0.3) is 0 Å². The molecule has 25 heavy (non-hydrogen) atoms. The molecular formula is C18H34N6S. The molecule has 1 aromatic rings. The third-order valence-electron chi connectivity index (χ3n) is 4.57. The number of piperidine rings is 1. The molecule has 1 aliphatic heterocycles. The first-order valence-electron chi connectivity index (χ1n) is 9.31. The van der Waals surface area contributed by atoms with Gasteiger partial charge in [-0.1, -0.05) is 6.42 Å². The second-order valence-corrected chi connectivity index (χ2v) is 8.26. The van der Waals surface area contributed by atoms with Gasteiger partial charge in [-0.25, -0.2) is 9.98 Å². The maximum absolute atomic E-state index is 4.71. The number of nitrogens with zero attached hydrogens (tertiary/aromatic N) is 4. The van der Waals surface area contributed by atoms with Crippen LogP contribution in [0.1, 0.15) is 45.7 Å². The Hall–Kier alpha value is -1.34. The van der Waals surface area contributed by atoms with E-state index in [2.05, 4.69) is 46.7 Å². The molecule has 0 radical (unpaired) electrons. The Balaban J connectivity index is 1.92. The Morgan fingerprint density at radius 1 is 1.28 bits per heavy atom. The summed E-state index contributed by atoms with van der Waals surface area (Å²) in [6.07, 6.45) is 4.00. The van der Waals surface area contributed by atoms with Crippen LogP contribution in [-0.4, -0.2) is 61.7 Å². The van der Waals surface area contributed by atoms with E-state index in [1.807, 2.05) is 19.0 Å². The number of likely N-dealkylation sites (tertiary alicyclic amines) is 1. The molecule has 1 saturated heterocycles. The van der Waals surface area contributed by atoms with Crippen molar-refractivity contribution in [3.63, 3.8) is 0 Å². The van der Waals surface area contributed by atoms with Crippen LogP contribution in [-0.2, 0) is 6.54 Å². The average Bonchev–Trinajstić information content (AvgIpc) is 3.07. The van der Waals surface area contributed by atoms with Crippen LogP contribution >= 0.6 is 11.3 Å². The largest absolute Gasteiger partial charge is 0.357 e. The molecule has 0 saturated carbocycles. The summed E-state index contributed by atoms with van der Waals surface area (Å²) in [4.78, 5) is 13.9. The van der Waals surface area contributed by atoms with Crippen LogP contribution in [0.2, 0.25) is 0 Å². The zero-order chi connectivity index (χ0) is 18.3. The molecular weight excluding hydrogens is 332 g/mol. The van der Waals surface area contributed by atoms with E-state index in [0.29, 0.717) is 6.54 Å². The van der Waals surface area contributed by atoms with E-state index in [0.717, 1.165) is 29.9 Å². The van der Waals surface area contributed by atoms with Gasteiger partial charge in [-0.05, 0) is 46.7 Å². The lowest BCUT2D eigenvalue weighted by molar-refractivity contribution is 0.0982. The van der Waals surface area contributed by atoms with Crippen LogP contribution in [0.15, 0.2) is 10.4 Å². The standard InChI is InChI=1S/C18H34N6S/c1-6-19-16(20-12-15-13-25-17(22-15)23(4)5)21-14-18(2,3)24-10-8-7-9-11-24/h13H,6-12,14H2,1-5H3,(H2,19,20,21). The molecule has 1 aliphatic rings. The number of aromatic nitrogens is 1. The molecule has 0 spiro atoms. The zero-order valence-corrected chi connectivity index (χ0v) is 17.2. The van der Waals surface area contributed by atoms with E-state index < -0.39 is 0 Å². The topological polar surface area (TPSA) is 55.8 Å². The molecule has 0 atom stereocenters. The van der Waals surface area contributed by atoms with Crippen LogP contribution < -0.4 is 15.5 Å². The fraction of sp³-hybridized carbons (Fsp3) is 0.778. The van der Waals surface area contributed by atoms with Crippen molar-refractivity contribution in [3.05, 3.63) is 11.1 Å². The zero-order valence-electron chi connectivity index (χ0n) is 16.4. The van der Waals surface area contributed by atoms with Gasteiger partial charge in [0.15, 0.2) is 11.1 Å². The minimum absolute atomic E-state index is 0.134. The quantitative estimate of drug-likeness (QED) is 0.574. The van der Waals surface area contributed by atoms with Gasteiger partial charge in [-0.15, -0.1) is 11.3 Å². The summed E-state index contributed by atoms with van der Waals surface area (Å²) >= 11 is 1.66. The van der Waals surface area contributed by atoms with E-state index in [-0.39, 0.29) is 5.54 Å². The van der Waals surface area contributed by atoms with Gasteiger partial charge in [-0.2, -0.15) is 0 Å². The van der Waals surface area contributed by atoms with Gasteiger partial charge in [0.1, 0.15) is 0 Å². The lowest BCUT2D eigenvalue weighted by atomic mass is 9.98. The van der Waals surface area contributed by atoms with Crippen molar-refractivity contribution in [1.82, 2.24) is 20.5 Å². The fourth-order valence-corrected chi connectivity index (χ4v) is 3.74. The molecule has 2 rings (SSSR count). The maximum atomic E-state index is 4.71. The molecule has 2 N–H and O–H groups in total. The van der Waals surface area contributed by atoms with Crippen LogP contribution in [0.4, 0.5) is 5.13 Å². The first-order chi connectivity index (χ1) is 11.9. The molecule has 0 bridgehead atoms. The predicted molar refractivity (Wildman–Crippen MR) is 109 cm³/mol. The molecule has 1 fully saturated rings. The molecule has 7 heteroatoms. The van der Waals surface area contributed by atoms with Gasteiger partial charge >= 0.3 is 0 Å². The summed E-state index contributed by atoms with van der Waals surface area (Å²) < 4.78 is 0. The van der Waals surface area contributed by atoms with Crippen molar-refractivity contribution in [3.8, 4) is 0 Å². The molecule has 0 aromatic carbocycles. The van der Waals surface area contributed by atoms with Crippen molar-refractivity contribution in [1.29, 1.82) is 0 Å². The first kappa shape index (κ1) is 20.0. The Morgan fingerprint density at radius 3 is 2.60 bits per heavy atom. The Morgan fingerprint density at radius 2 is 2.00 bits per heavy atom. The van der Waals surface area contributed by atoms with Gasteiger partial charge in [0, 0.05) is 38.1 Å². The molecule has 6 nitrogen and oxygen atoms in total. The maximum Gasteiger partial charge on any atom is 0.191 e. The normalized spacial score (nSPS) is 16.8. The molecule has 2 heterocycles. The fourth-order valence-electron chi connectivity index (χ4n) is 2.99. The number of hydrogen-bond acceptors (Lipinski definition) is 5. The van der Waals surface area contributed by atoms with Crippen molar-refractivity contribution in [2.75, 3.05) is 45.2 Å². The number of aliphatic imine (C=N–C) groups is 1. The summed E-state index contributed by atoms with van der Waals surface area (Å²) in [5.74, 6) is 0.868. The first-order valence-corrected chi connectivity index (χ1v) is 10.2. The van der Waals surface area contributed by atoms with Crippen LogP contribution in [0.5, 0.6) is 0 Å². The highest BCUT2D eigenvalue weighted by Gasteiger charge is 2.27. The Kier molecular flexibility index (Phi) is 7.50. The van der Waals surface area contributed by atoms with Gasteiger partial charge < -0.3 is 15.5 Å².